The van der Waals surface area contributed by atoms with E-state index in [4.69, 9.17) is 4.74 Å². The summed E-state index contributed by atoms with van der Waals surface area (Å²) in [4.78, 5) is 41.5. The molecule has 0 fully saturated rings. The van der Waals surface area contributed by atoms with E-state index in [1.165, 1.54) is 4.90 Å². The number of likely N-dealkylation sites (N-methyl/N-ethyl adjacent to an activating group) is 1. The average Bonchev–Trinajstić information content (AvgIpc) is 2.63. The van der Waals surface area contributed by atoms with Crippen molar-refractivity contribution in [2.24, 2.45) is 0 Å². The lowest BCUT2D eigenvalue weighted by Crippen LogP contribution is -2.23. The molecule has 1 heterocycles. The number of carbonyl (C=O) groups excluding carboxylic acids is 1. The molecule has 27 heavy (non-hydrogen) atoms. The third-order valence-electron chi connectivity index (χ3n) is 4.16. The highest BCUT2D eigenvalue weighted by Crippen LogP contribution is 2.27. The third kappa shape index (κ3) is 4.00. The maximum absolute atomic E-state index is 11.9. The van der Waals surface area contributed by atoms with Crippen LogP contribution in [-0.2, 0) is 11.2 Å². The molecule has 0 aliphatic heterocycles. The molecular weight excluding hydrogens is 348 g/mol. The number of rotatable bonds is 5. The van der Waals surface area contributed by atoms with Crippen LogP contribution in [-0.4, -0.2) is 42.0 Å². The number of nitrogens with zero attached hydrogens (tertiary/aromatic N) is 1. The second-order valence-electron chi connectivity index (χ2n) is 6.29. The summed E-state index contributed by atoms with van der Waals surface area (Å²) in [6.07, 6.45) is 0.245. The number of H-pyrrole nitrogens is 2. The number of ether oxygens (including phenoxy) is 1. The van der Waals surface area contributed by atoms with Gasteiger partial charge >= 0.3 is 5.69 Å². The number of carbonyl (C=O) groups is 1. The van der Waals surface area contributed by atoms with Crippen molar-refractivity contribution in [2.45, 2.75) is 6.42 Å². The van der Waals surface area contributed by atoms with E-state index in [1.54, 1.807) is 45.5 Å². The fraction of sp³-hybridized carbons (Fsp3) is 0.211. The van der Waals surface area contributed by atoms with Gasteiger partial charge in [-0.2, -0.15) is 0 Å². The van der Waals surface area contributed by atoms with Crippen LogP contribution in [0.15, 0.2) is 46.0 Å². The Balaban J connectivity index is 1.89. The molecule has 8 nitrogen and oxygen atoms in total. The normalized spacial score (nSPS) is 10.6. The standard InChI is InChI=1S/C19H20N4O4/c1-23(2)17(24)8-11-4-5-13(10-16(11)27-3)20-12-6-7-15-14(9-12)18(25)22-19(26)21-15/h4-7,9-10,20H,8H2,1-3H3,(H2,21,22,25,26). The first-order valence-electron chi connectivity index (χ1n) is 8.28. The molecule has 0 aliphatic carbocycles. The first-order valence-corrected chi connectivity index (χ1v) is 8.28. The number of hydrogen-bond acceptors (Lipinski definition) is 5. The van der Waals surface area contributed by atoms with Gasteiger partial charge in [-0.3, -0.25) is 14.6 Å². The van der Waals surface area contributed by atoms with E-state index in [0.717, 1.165) is 11.3 Å². The van der Waals surface area contributed by atoms with Crippen LogP contribution in [0.2, 0.25) is 0 Å². The van der Waals surface area contributed by atoms with Gasteiger partial charge < -0.3 is 19.9 Å². The number of nitrogens with one attached hydrogen (secondary N) is 3. The van der Waals surface area contributed by atoms with E-state index in [2.05, 4.69) is 15.3 Å². The Morgan fingerprint density at radius 3 is 2.48 bits per heavy atom. The van der Waals surface area contributed by atoms with E-state index >= 15 is 0 Å². The first-order chi connectivity index (χ1) is 12.9. The van der Waals surface area contributed by atoms with Gasteiger partial charge in [0.1, 0.15) is 5.75 Å². The molecule has 0 saturated heterocycles. The van der Waals surface area contributed by atoms with Gasteiger partial charge in [-0.05, 0) is 24.3 Å². The van der Waals surface area contributed by atoms with Crippen LogP contribution in [0.4, 0.5) is 11.4 Å². The summed E-state index contributed by atoms with van der Waals surface area (Å²) in [5.74, 6) is 0.579. The molecule has 0 saturated carbocycles. The molecule has 0 radical (unpaired) electrons. The topological polar surface area (TPSA) is 107 Å². The van der Waals surface area contributed by atoms with Gasteiger partial charge in [0.2, 0.25) is 5.91 Å². The summed E-state index contributed by atoms with van der Waals surface area (Å²) in [5, 5.41) is 3.57. The van der Waals surface area contributed by atoms with Crippen molar-refractivity contribution in [1.82, 2.24) is 14.9 Å². The SMILES string of the molecule is COc1cc(Nc2ccc3[nH]c(=O)[nH]c(=O)c3c2)ccc1CC(=O)N(C)C. The van der Waals surface area contributed by atoms with Crippen molar-refractivity contribution in [3.8, 4) is 5.75 Å². The Bertz CT molecular complexity index is 1110. The predicted octanol–water partition coefficient (Wildman–Crippen LogP) is 1.60. The van der Waals surface area contributed by atoms with E-state index in [0.29, 0.717) is 22.3 Å². The minimum atomic E-state index is -0.541. The second kappa shape index (κ2) is 7.36. The number of fused-ring (bicyclic) bond motifs is 1. The lowest BCUT2D eigenvalue weighted by Gasteiger charge is -2.14. The molecule has 3 N–H and O–H groups in total. The first kappa shape index (κ1) is 18.2. The second-order valence-corrected chi connectivity index (χ2v) is 6.29. The zero-order chi connectivity index (χ0) is 19.6. The minimum Gasteiger partial charge on any atom is -0.496 e. The van der Waals surface area contributed by atoms with Gasteiger partial charge in [-0.1, -0.05) is 6.07 Å². The Kier molecular flexibility index (Phi) is 4.98. The highest BCUT2D eigenvalue weighted by Gasteiger charge is 2.11. The van der Waals surface area contributed by atoms with Crippen molar-refractivity contribution in [2.75, 3.05) is 26.5 Å². The number of benzene rings is 2. The number of hydrogen-bond donors (Lipinski definition) is 3. The highest BCUT2D eigenvalue weighted by molar-refractivity contribution is 5.83. The van der Waals surface area contributed by atoms with Crippen LogP contribution in [0.3, 0.4) is 0 Å². The van der Waals surface area contributed by atoms with Crippen molar-refractivity contribution < 1.29 is 9.53 Å². The van der Waals surface area contributed by atoms with Crippen LogP contribution in [0.25, 0.3) is 10.9 Å². The van der Waals surface area contributed by atoms with E-state index in [1.807, 2.05) is 12.1 Å². The maximum Gasteiger partial charge on any atom is 0.326 e. The Labute approximate surface area is 154 Å². The smallest absolute Gasteiger partial charge is 0.326 e. The molecule has 3 rings (SSSR count). The molecule has 1 aromatic heterocycles. The Morgan fingerprint density at radius 2 is 1.78 bits per heavy atom. The molecule has 3 aromatic rings. The Hall–Kier alpha value is -3.55. The summed E-state index contributed by atoms with van der Waals surface area (Å²) < 4.78 is 5.40. The van der Waals surface area contributed by atoms with E-state index in [-0.39, 0.29) is 12.3 Å². The summed E-state index contributed by atoms with van der Waals surface area (Å²) in [6, 6.07) is 10.5. The van der Waals surface area contributed by atoms with Crippen LogP contribution >= 0.6 is 0 Å². The zero-order valence-electron chi connectivity index (χ0n) is 15.3. The number of aromatic nitrogens is 2. The number of aromatic amines is 2. The Morgan fingerprint density at radius 1 is 1.07 bits per heavy atom. The number of amides is 1. The summed E-state index contributed by atoms with van der Waals surface area (Å²) in [5.41, 5.74) is 1.68. The summed E-state index contributed by atoms with van der Waals surface area (Å²) >= 11 is 0. The van der Waals surface area contributed by atoms with Crippen molar-refractivity contribution in [3.05, 3.63) is 62.8 Å². The number of methoxy groups -OCH3 is 1. The van der Waals surface area contributed by atoms with Crippen LogP contribution in [0.5, 0.6) is 5.75 Å². The van der Waals surface area contributed by atoms with E-state index < -0.39 is 11.2 Å². The molecule has 0 unspecified atom stereocenters. The molecule has 8 heteroatoms. The monoisotopic (exact) mass is 368 g/mol. The zero-order valence-corrected chi connectivity index (χ0v) is 15.3. The minimum absolute atomic E-state index is 0.0169. The van der Waals surface area contributed by atoms with Crippen molar-refractivity contribution in [3.63, 3.8) is 0 Å². The molecule has 0 spiro atoms. The van der Waals surface area contributed by atoms with Gasteiger partial charge in [0.25, 0.3) is 5.56 Å². The predicted molar refractivity (Wildman–Crippen MR) is 104 cm³/mol. The lowest BCUT2D eigenvalue weighted by molar-refractivity contribution is -0.127. The van der Waals surface area contributed by atoms with Gasteiger partial charge in [0.05, 0.1) is 24.4 Å². The summed E-state index contributed by atoms with van der Waals surface area (Å²) in [6.45, 7) is 0. The number of anilines is 2. The van der Waals surface area contributed by atoms with Crippen LogP contribution in [0.1, 0.15) is 5.56 Å². The summed E-state index contributed by atoms with van der Waals surface area (Å²) in [7, 11) is 4.97. The average molecular weight is 368 g/mol. The highest BCUT2D eigenvalue weighted by atomic mass is 16.5. The van der Waals surface area contributed by atoms with Crippen molar-refractivity contribution in [1.29, 1.82) is 0 Å². The molecule has 0 aliphatic rings. The largest absolute Gasteiger partial charge is 0.496 e. The molecule has 2 aromatic carbocycles. The van der Waals surface area contributed by atoms with Gasteiger partial charge in [0.15, 0.2) is 0 Å². The van der Waals surface area contributed by atoms with Crippen LogP contribution in [0, 0.1) is 0 Å². The third-order valence-corrected chi connectivity index (χ3v) is 4.16. The van der Waals surface area contributed by atoms with Crippen molar-refractivity contribution >= 4 is 28.2 Å². The lowest BCUT2D eigenvalue weighted by atomic mass is 10.1. The quantitative estimate of drug-likeness (QED) is 0.634. The maximum atomic E-state index is 11.9. The fourth-order valence-corrected chi connectivity index (χ4v) is 2.70. The fourth-order valence-electron chi connectivity index (χ4n) is 2.70. The molecule has 0 bridgehead atoms. The van der Waals surface area contributed by atoms with Gasteiger partial charge in [0, 0.05) is 37.1 Å². The molecular formula is C19H20N4O4. The molecule has 0 atom stereocenters. The van der Waals surface area contributed by atoms with Gasteiger partial charge in [-0.15, -0.1) is 0 Å². The van der Waals surface area contributed by atoms with E-state index in [9.17, 15) is 14.4 Å². The molecule has 140 valence electrons. The van der Waals surface area contributed by atoms with Gasteiger partial charge in [-0.25, -0.2) is 4.79 Å². The molecule has 1 amide bonds. The van der Waals surface area contributed by atoms with Crippen LogP contribution < -0.4 is 21.3 Å².